The maximum absolute atomic E-state index is 12.8. The van der Waals surface area contributed by atoms with Crippen LogP contribution in [0, 0.1) is 0 Å². The quantitative estimate of drug-likeness (QED) is 0.585. The number of anilines is 1. The number of nitrogens with zero attached hydrogens (tertiary/aromatic N) is 4. The molecular formula is C23H29Cl2N5O2. The van der Waals surface area contributed by atoms with Crippen LogP contribution in [-0.4, -0.2) is 66.9 Å². The standard InChI is InChI=1S/C23H27N5O2.2ClH/c1-26(20-7-3-2-4-8-20)23(29)28-17-22(25-18-28)19-6-5-9-21(16-19)30-15-14-27-12-10-24-11-13-27;;/h2-9,16-18,24H,10-15H2,1H3;2*1H. The van der Waals surface area contributed by atoms with E-state index in [4.69, 9.17) is 4.74 Å². The first-order valence-electron chi connectivity index (χ1n) is 10.2. The summed E-state index contributed by atoms with van der Waals surface area (Å²) in [6.07, 6.45) is 3.30. The number of hydrogen-bond donors (Lipinski definition) is 1. The molecule has 0 aliphatic carbocycles. The molecular weight excluding hydrogens is 449 g/mol. The monoisotopic (exact) mass is 477 g/mol. The molecule has 1 saturated heterocycles. The molecule has 1 aliphatic rings. The fourth-order valence-electron chi connectivity index (χ4n) is 3.48. The van der Waals surface area contributed by atoms with E-state index in [9.17, 15) is 4.79 Å². The van der Waals surface area contributed by atoms with Gasteiger partial charge < -0.3 is 10.1 Å². The molecule has 0 saturated carbocycles. The van der Waals surface area contributed by atoms with E-state index < -0.39 is 0 Å². The maximum Gasteiger partial charge on any atom is 0.333 e. The van der Waals surface area contributed by atoms with Crippen LogP contribution >= 0.6 is 24.8 Å². The van der Waals surface area contributed by atoms with Gasteiger partial charge in [0.25, 0.3) is 0 Å². The van der Waals surface area contributed by atoms with Crippen molar-refractivity contribution in [2.24, 2.45) is 0 Å². The number of carbonyl (C=O) groups excluding carboxylic acids is 1. The molecule has 7 nitrogen and oxygen atoms in total. The van der Waals surface area contributed by atoms with E-state index in [1.165, 1.54) is 4.57 Å². The summed E-state index contributed by atoms with van der Waals surface area (Å²) in [5.74, 6) is 0.810. The van der Waals surface area contributed by atoms with Gasteiger partial charge >= 0.3 is 6.03 Å². The molecule has 1 aromatic heterocycles. The number of piperazine rings is 1. The lowest BCUT2D eigenvalue weighted by Crippen LogP contribution is -2.44. The normalized spacial score (nSPS) is 13.5. The summed E-state index contributed by atoms with van der Waals surface area (Å²) in [6, 6.07) is 17.2. The van der Waals surface area contributed by atoms with Crippen molar-refractivity contribution in [3.8, 4) is 17.0 Å². The van der Waals surface area contributed by atoms with E-state index >= 15 is 0 Å². The van der Waals surface area contributed by atoms with Crippen molar-refractivity contribution in [3.05, 3.63) is 67.1 Å². The molecule has 1 N–H and O–H groups in total. The fraction of sp³-hybridized carbons (Fsp3) is 0.304. The molecule has 0 spiro atoms. The first-order valence-corrected chi connectivity index (χ1v) is 10.2. The highest BCUT2D eigenvalue weighted by molar-refractivity contribution is 5.93. The highest BCUT2D eigenvalue weighted by atomic mass is 35.5. The topological polar surface area (TPSA) is 62.6 Å². The zero-order valence-electron chi connectivity index (χ0n) is 18.0. The van der Waals surface area contributed by atoms with E-state index in [0.717, 1.165) is 55.4 Å². The Bertz CT molecular complexity index is 977. The van der Waals surface area contributed by atoms with Crippen molar-refractivity contribution >= 4 is 36.5 Å². The molecule has 3 aromatic rings. The summed E-state index contributed by atoms with van der Waals surface area (Å²) < 4.78 is 7.45. The van der Waals surface area contributed by atoms with E-state index in [1.807, 2.05) is 54.6 Å². The zero-order valence-corrected chi connectivity index (χ0v) is 19.6. The number of rotatable bonds is 6. The van der Waals surface area contributed by atoms with Gasteiger partial charge in [0.15, 0.2) is 0 Å². The number of halogens is 2. The van der Waals surface area contributed by atoms with E-state index in [-0.39, 0.29) is 30.8 Å². The molecule has 1 aliphatic heterocycles. The molecule has 1 fully saturated rings. The second kappa shape index (κ2) is 12.5. The van der Waals surface area contributed by atoms with Gasteiger partial charge in [0.1, 0.15) is 18.7 Å². The van der Waals surface area contributed by atoms with E-state index in [1.54, 1.807) is 24.5 Å². The molecule has 2 heterocycles. The van der Waals surface area contributed by atoms with Gasteiger partial charge in [-0.1, -0.05) is 30.3 Å². The van der Waals surface area contributed by atoms with Crippen LogP contribution in [-0.2, 0) is 0 Å². The van der Waals surface area contributed by atoms with Gasteiger partial charge in [-0.05, 0) is 24.3 Å². The number of ether oxygens (including phenoxy) is 1. The highest BCUT2D eigenvalue weighted by Crippen LogP contribution is 2.23. The third-order valence-electron chi connectivity index (χ3n) is 5.25. The summed E-state index contributed by atoms with van der Waals surface area (Å²) in [4.78, 5) is 21.2. The maximum atomic E-state index is 12.8. The lowest BCUT2D eigenvalue weighted by molar-refractivity contribution is 0.191. The third-order valence-corrected chi connectivity index (χ3v) is 5.25. The van der Waals surface area contributed by atoms with Crippen molar-refractivity contribution < 1.29 is 9.53 Å². The van der Waals surface area contributed by atoms with Crippen molar-refractivity contribution in [3.63, 3.8) is 0 Å². The number of amides is 1. The minimum atomic E-state index is -0.164. The van der Waals surface area contributed by atoms with E-state index in [2.05, 4.69) is 15.2 Å². The molecule has 0 bridgehead atoms. The summed E-state index contributed by atoms with van der Waals surface area (Å²) in [6.45, 7) is 5.77. The Morgan fingerprint density at radius 3 is 2.59 bits per heavy atom. The molecule has 32 heavy (non-hydrogen) atoms. The van der Waals surface area contributed by atoms with Crippen LogP contribution in [0.25, 0.3) is 11.3 Å². The number of para-hydroxylation sites is 1. The van der Waals surface area contributed by atoms with E-state index in [0.29, 0.717) is 6.61 Å². The van der Waals surface area contributed by atoms with Gasteiger partial charge in [-0.15, -0.1) is 24.8 Å². The largest absolute Gasteiger partial charge is 0.492 e. The average Bonchev–Trinajstić information content (AvgIpc) is 3.30. The molecule has 0 radical (unpaired) electrons. The fourth-order valence-corrected chi connectivity index (χ4v) is 3.48. The lowest BCUT2D eigenvalue weighted by atomic mass is 10.1. The van der Waals surface area contributed by atoms with Gasteiger partial charge in [0.2, 0.25) is 0 Å². The Morgan fingerprint density at radius 2 is 1.84 bits per heavy atom. The predicted molar refractivity (Wildman–Crippen MR) is 133 cm³/mol. The first kappa shape index (κ1) is 25.7. The number of imidazole rings is 1. The Kier molecular flexibility index (Phi) is 9.99. The van der Waals surface area contributed by atoms with Gasteiger partial charge in [0.05, 0.1) is 5.69 Å². The molecule has 4 rings (SSSR count). The van der Waals surface area contributed by atoms with Crippen LogP contribution in [0.1, 0.15) is 0 Å². The molecule has 0 unspecified atom stereocenters. The number of nitrogens with one attached hydrogen (secondary N) is 1. The predicted octanol–water partition coefficient (Wildman–Crippen LogP) is 3.78. The van der Waals surface area contributed by atoms with Crippen LogP contribution < -0.4 is 15.0 Å². The summed E-state index contributed by atoms with van der Waals surface area (Å²) in [7, 11) is 1.75. The van der Waals surface area contributed by atoms with Gasteiger partial charge in [-0.2, -0.15) is 0 Å². The summed E-state index contributed by atoms with van der Waals surface area (Å²) >= 11 is 0. The van der Waals surface area contributed by atoms with Crippen molar-refractivity contribution in [1.82, 2.24) is 19.8 Å². The third kappa shape index (κ3) is 6.46. The molecule has 9 heteroatoms. The van der Waals surface area contributed by atoms with Gasteiger partial charge in [-0.3, -0.25) is 14.4 Å². The van der Waals surface area contributed by atoms with Crippen LogP contribution in [0.2, 0.25) is 0 Å². The molecule has 2 aromatic carbocycles. The number of aromatic nitrogens is 2. The Balaban J connectivity index is 0.00000181. The van der Waals surface area contributed by atoms with Crippen molar-refractivity contribution in [2.75, 3.05) is 51.3 Å². The SMILES string of the molecule is CN(C(=O)n1cnc(-c2cccc(OCCN3CCNCC3)c2)c1)c1ccccc1.Cl.Cl. The van der Waals surface area contributed by atoms with Crippen molar-refractivity contribution in [1.29, 1.82) is 0 Å². The molecule has 1 amide bonds. The Hall–Kier alpha value is -2.58. The molecule has 172 valence electrons. The number of benzene rings is 2. The van der Waals surface area contributed by atoms with Crippen LogP contribution in [0.4, 0.5) is 10.5 Å². The average molecular weight is 478 g/mol. The van der Waals surface area contributed by atoms with Crippen LogP contribution in [0.3, 0.4) is 0 Å². The van der Waals surface area contributed by atoms with Gasteiger partial charge in [0, 0.05) is 57.2 Å². The minimum absolute atomic E-state index is 0. The Labute approximate surface area is 201 Å². The Morgan fingerprint density at radius 1 is 1.09 bits per heavy atom. The van der Waals surface area contributed by atoms with Crippen LogP contribution in [0.5, 0.6) is 5.75 Å². The smallest absolute Gasteiger partial charge is 0.333 e. The highest BCUT2D eigenvalue weighted by Gasteiger charge is 2.14. The second-order valence-corrected chi connectivity index (χ2v) is 7.31. The summed E-state index contributed by atoms with van der Waals surface area (Å²) in [5.41, 5.74) is 2.48. The number of hydrogen-bond acceptors (Lipinski definition) is 5. The number of carbonyl (C=O) groups is 1. The minimum Gasteiger partial charge on any atom is -0.492 e. The molecule has 0 atom stereocenters. The second-order valence-electron chi connectivity index (χ2n) is 7.31. The van der Waals surface area contributed by atoms with Crippen molar-refractivity contribution in [2.45, 2.75) is 0 Å². The zero-order chi connectivity index (χ0) is 20.8. The first-order chi connectivity index (χ1) is 14.7. The van der Waals surface area contributed by atoms with Gasteiger partial charge in [-0.25, -0.2) is 9.78 Å². The van der Waals surface area contributed by atoms with Crippen LogP contribution in [0.15, 0.2) is 67.1 Å². The lowest BCUT2D eigenvalue weighted by Gasteiger charge is -2.26. The summed E-state index contributed by atoms with van der Waals surface area (Å²) in [5, 5.41) is 3.36.